The summed E-state index contributed by atoms with van der Waals surface area (Å²) in [6.07, 6.45) is 9.24. The third-order valence-electron chi connectivity index (χ3n) is 9.51. The number of hydrogen-bond acceptors (Lipinski definition) is 4. The van der Waals surface area contributed by atoms with Crippen LogP contribution in [0, 0.1) is 0 Å². The third kappa shape index (κ3) is 3.84. The lowest BCUT2D eigenvalue weighted by atomic mass is 9.94. The zero-order valence-electron chi connectivity index (χ0n) is 25.7. The number of hydrogen-bond donors (Lipinski definition) is 1. The molecule has 4 heterocycles. The van der Waals surface area contributed by atoms with Gasteiger partial charge in [-0.3, -0.25) is 9.13 Å². The van der Waals surface area contributed by atoms with Gasteiger partial charge >= 0.3 is 0 Å². The molecule has 0 bridgehead atoms. The fraction of sp³-hybridized carbons (Fsp3) is 0.0238. The van der Waals surface area contributed by atoms with Gasteiger partial charge < -0.3 is 0 Å². The summed E-state index contributed by atoms with van der Waals surface area (Å²) >= 11 is 5.35. The predicted octanol–water partition coefficient (Wildman–Crippen LogP) is 10.5. The van der Waals surface area contributed by atoms with E-state index in [1.54, 1.807) is 0 Å². The topological polar surface area (TPSA) is 48.5 Å². The van der Waals surface area contributed by atoms with Crippen molar-refractivity contribution in [3.05, 3.63) is 151 Å². The molecule has 10 rings (SSSR count). The maximum atomic E-state index is 5.48. The van der Waals surface area contributed by atoms with Crippen LogP contribution in [-0.4, -0.2) is 24.1 Å². The van der Waals surface area contributed by atoms with Crippen LogP contribution >= 0.6 is 12.6 Å². The summed E-state index contributed by atoms with van der Waals surface area (Å²) in [6, 6.07) is 42.1. The Hall–Kier alpha value is -5.98. The maximum absolute atomic E-state index is 5.48. The van der Waals surface area contributed by atoms with Gasteiger partial charge in [-0.05, 0) is 53.1 Å². The zero-order valence-corrected chi connectivity index (χ0v) is 26.6. The lowest BCUT2D eigenvalue weighted by Gasteiger charge is -2.16. The molecule has 5 nitrogen and oxygen atoms in total. The smallest absolute Gasteiger partial charge is 0.238 e. The number of fused-ring (bicyclic) bond motifs is 8. The molecule has 0 aliphatic heterocycles. The van der Waals surface area contributed by atoms with Crippen LogP contribution in [0.5, 0.6) is 0 Å². The van der Waals surface area contributed by atoms with Crippen molar-refractivity contribution in [1.82, 2.24) is 24.1 Å². The van der Waals surface area contributed by atoms with Crippen LogP contribution in [0.3, 0.4) is 0 Å². The van der Waals surface area contributed by atoms with Crippen molar-refractivity contribution in [2.45, 2.75) is 11.3 Å². The number of rotatable bonds is 4. The molecule has 4 aromatic heterocycles. The minimum absolute atomic E-state index is 0.551. The van der Waals surface area contributed by atoms with Crippen molar-refractivity contribution < 1.29 is 0 Å². The fourth-order valence-electron chi connectivity index (χ4n) is 7.51. The van der Waals surface area contributed by atoms with E-state index in [2.05, 4.69) is 130 Å². The first-order valence-electron chi connectivity index (χ1n) is 16.1. The first kappa shape index (κ1) is 27.2. The summed E-state index contributed by atoms with van der Waals surface area (Å²) in [5, 5.41) is 6.59. The summed E-state index contributed by atoms with van der Waals surface area (Å²) in [6.45, 7) is 0. The molecule has 0 amide bonds. The molecular formula is C42H27N5S. The molecule has 0 saturated heterocycles. The normalized spacial score (nSPS) is 13.1. The van der Waals surface area contributed by atoms with Gasteiger partial charge in [-0.25, -0.2) is 9.97 Å². The van der Waals surface area contributed by atoms with Crippen molar-refractivity contribution in [3.63, 3.8) is 0 Å². The Kier molecular flexibility index (Phi) is 5.95. The summed E-state index contributed by atoms with van der Waals surface area (Å²) in [5.74, 6) is 0.551. The molecule has 6 heteroatoms. The largest absolute Gasteiger partial charge is 0.294 e. The number of pyridine rings is 1. The standard InChI is InChI=1S/C42H27N5S/c48-39-34(26-14-7-8-15-26)29-20-9-10-21-30(29)35-32-23-13-25-43-40(32)47(38(35)39)42-44-37(27-16-3-1-4-17-27)36-31-22-11-12-24-33(31)46(41(36)45-42)28-18-5-2-6-19-28/h1-14,16-25,48H,15H2. The van der Waals surface area contributed by atoms with Crippen molar-refractivity contribution in [3.8, 4) is 22.9 Å². The highest BCUT2D eigenvalue weighted by Crippen LogP contribution is 2.46. The zero-order chi connectivity index (χ0) is 31.8. The first-order valence-corrected chi connectivity index (χ1v) is 16.5. The van der Waals surface area contributed by atoms with Gasteiger partial charge in [0, 0.05) is 44.1 Å². The van der Waals surface area contributed by atoms with Crippen molar-refractivity contribution in [2.24, 2.45) is 0 Å². The number of benzene rings is 5. The molecule has 0 atom stereocenters. The van der Waals surface area contributed by atoms with Crippen LogP contribution in [0.15, 0.2) is 151 Å². The van der Waals surface area contributed by atoms with Crippen molar-refractivity contribution in [2.75, 3.05) is 0 Å². The second-order valence-electron chi connectivity index (χ2n) is 12.2. The van der Waals surface area contributed by atoms with Crippen LogP contribution in [0.25, 0.3) is 83.1 Å². The highest BCUT2D eigenvalue weighted by atomic mass is 32.1. The molecule has 9 aromatic rings. The summed E-state index contributed by atoms with van der Waals surface area (Å²) in [4.78, 5) is 16.8. The Morgan fingerprint density at radius 1 is 0.604 bits per heavy atom. The van der Waals surface area contributed by atoms with Crippen LogP contribution in [0.2, 0.25) is 0 Å². The maximum Gasteiger partial charge on any atom is 0.238 e. The van der Waals surface area contributed by atoms with Crippen LogP contribution in [-0.2, 0) is 0 Å². The van der Waals surface area contributed by atoms with E-state index in [0.29, 0.717) is 5.95 Å². The van der Waals surface area contributed by atoms with Gasteiger partial charge in [0.2, 0.25) is 5.95 Å². The van der Waals surface area contributed by atoms with E-state index in [-0.39, 0.29) is 0 Å². The van der Waals surface area contributed by atoms with Crippen molar-refractivity contribution >= 4 is 72.8 Å². The molecule has 1 aliphatic rings. The van der Waals surface area contributed by atoms with E-state index < -0.39 is 0 Å². The lowest BCUT2D eigenvalue weighted by molar-refractivity contribution is 0.975. The van der Waals surface area contributed by atoms with Crippen LogP contribution in [0.1, 0.15) is 12.0 Å². The number of aromatic nitrogens is 5. The van der Waals surface area contributed by atoms with Gasteiger partial charge in [0.1, 0.15) is 5.65 Å². The molecule has 0 unspecified atom stereocenters. The molecule has 0 N–H and O–H groups in total. The van der Waals surface area contributed by atoms with Crippen LogP contribution < -0.4 is 0 Å². The molecule has 0 saturated carbocycles. The van der Waals surface area contributed by atoms with Gasteiger partial charge in [0.25, 0.3) is 0 Å². The third-order valence-corrected chi connectivity index (χ3v) is 9.95. The Balaban J connectivity index is 1.42. The van der Waals surface area contributed by atoms with E-state index >= 15 is 0 Å². The fourth-order valence-corrected chi connectivity index (χ4v) is 7.99. The minimum Gasteiger partial charge on any atom is -0.294 e. The highest BCUT2D eigenvalue weighted by Gasteiger charge is 2.26. The monoisotopic (exact) mass is 633 g/mol. The highest BCUT2D eigenvalue weighted by molar-refractivity contribution is 7.80. The molecule has 1 aliphatic carbocycles. The van der Waals surface area contributed by atoms with E-state index in [0.717, 1.165) is 83.1 Å². The van der Waals surface area contributed by atoms with Gasteiger partial charge in [0.15, 0.2) is 5.65 Å². The summed E-state index contributed by atoms with van der Waals surface area (Å²) in [5.41, 5.74) is 8.97. The van der Waals surface area contributed by atoms with E-state index in [9.17, 15) is 0 Å². The van der Waals surface area contributed by atoms with Gasteiger partial charge in [-0.1, -0.05) is 109 Å². The quantitative estimate of drug-likeness (QED) is 0.196. The Labute approximate surface area is 281 Å². The summed E-state index contributed by atoms with van der Waals surface area (Å²) < 4.78 is 4.38. The number of thiol groups is 1. The molecule has 0 fully saturated rings. The van der Waals surface area contributed by atoms with E-state index in [4.69, 9.17) is 27.6 Å². The number of allylic oxidation sites excluding steroid dienone is 4. The first-order chi connectivity index (χ1) is 23.8. The minimum atomic E-state index is 0.551. The number of nitrogens with zero attached hydrogens (tertiary/aromatic N) is 5. The molecule has 5 aromatic carbocycles. The molecule has 0 spiro atoms. The van der Waals surface area contributed by atoms with E-state index in [1.165, 1.54) is 11.0 Å². The number of para-hydroxylation sites is 2. The van der Waals surface area contributed by atoms with Crippen LogP contribution in [0.4, 0.5) is 0 Å². The SMILES string of the molecule is Sc1c(C2=CC=CC2)c2ccccc2c2c3cccnc3n(-c3nc(-c4ccccc4)c4c5ccccc5n(-c5ccccc5)c4n3)c12. The molecule has 226 valence electrons. The lowest BCUT2D eigenvalue weighted by Crippen LogP contribution is -2.06. The molecule has 0 radical (unpaired) electrons. The Morgan fingerprint density at radius 2 is 1.31 bits per heavy atom. The van der Waals surface area contributed by atoms with Gasteiger partial charge in [-0.2, -0.15) is 4.98 Å². The predicted molar refractivity (Wildman–Crippen MR) is 200 cm³/mol. The summed E-state index contributed by atoms with van der Waals surface area (Å²) in [7, 11) is 0. The molecular weight excluding hydrogens is 607 g/mol. The second-order valence-corrected chi connectivity index (χ2v) is 12.6. The van der Waals surface area contributed by atoms with E-state index in [1.807, 2.05) is 24.4 Å². The average Bonchev–Trinajstić information content (AvgIpc) is 3.88. The molecule has 48 heavy (non-hydrogen) atoms. The Morgan fingerprint density at radius 3 is 2.10 bits per heavy atom. The second kappa shape index (κ2) is 10.5. The Bertz CT molecular complexity index is 2810. The van der Waals surface area contributed by atoms with Gasteiger partial charge in [-0.15, -0.1) is 12.6 Å². The van der Waals surface area contributed by atoms with Gasteiger partial charge in [0.05, 0.1) is 22.1 Å². The average molecular weight is 634 g/mol. The van der Waals surface area contributed by atoms with Crippen molar-refractivity contribution in [1.29, 1.82) is 0 Å².